The predicted molar refractivity (Wildman–Crippen MR) is 66.0 cm³/mol. The van der Waals surface area contributed by atoms with Crippen molar-refractivity contribution in [1.29, 1.82) is 0 Å². The van der Waals surface area contributed by atoms with E-state index in [9.17, 15) is 4.79 Å². The quantitative estimate of drug-likeness (QED) is 0.757. The summed E-state index contributed by atoms with van der Waals surface area (Å²) in [5.41, 5.74) is 2.83. The highest BCUT2D eigenvalue weighted by Gasteiger charge is 2.12. The Morgan fingerprint density at radius 2 is 2.19 bits per heavy atom. The highest BCUT2D eigenvalue weighted by atomic mass is 35.5. The van der Waals surface area contributed by atoms with Crippen LogP contribution >= 0.6 is 11.6 Å². The van der Waals surface area contributed by atoms with E-state index >= 15 is 0 Å². The largest absolute Gasteiger partial charge is 0.465 e. The minimum Gasteiger partial charge on any atom is -0.465 e. The van der Waals surface area contributed by atoms with Crippen LogP contribution in [-0.4, -0.2) is 26.7 Å². The second-order valence-corrected chi connectivity index (χ2v) is 3.50. The molecular formula is C12H14ClNO2. The van der Waals surface area contributed by atoms with Crippen LogP contribution in [0.2, 0.25) is 0 Å². The minimum atomic E-state index is -0.336. The van der Waals surface area contributed by atoms with E-state index in [1.165, 1.54) is 12.6 Å². The number of anilines is 1. The number of benzene rings is 1. The van der Waals surface area contributed by atoms with E-state index in [2.05, 4.69) is 0 Å². The number of para-hydroxylation sites is 1. The molecule has 0 unspecified atom stereocenters. The van der Waals surface area contributed by atoms with Gasteiger partial charge in [0.05, 0.1) is 18.4 Å². The molecule has 0 aliphatic carbocycles. The molecule has 1 aromatic carbocycles. The molecule has 0 heterocycles. The summed E-state index contributed by atoms with van der Waals surface area (Å²) in [6, 6.07) is 7.29. The van der Waals surface area contributed by atoms with Crippen LogP contribution in [0, 0.1) is 0 Å². The number of rotatable bonds is 4. The van der Waals surface area contributed by atoms with Crippen LogP contribution < -0.4 is 4.90 Å². The van der Waals surface area contributed by atoms with Gasteiger partial charge in [0, 0.05) is 19.1 Å². The summed E-state index contributed by atoms with van der Waals surface area (Å²) < 4.78 is 4.72. The van der Waals surface area contributed by atoms with E-state index in [1.54, 1.807) is 18.2 Å². The highest BCUT2D eigenvalue weighted by molar-refractivity contribution is 6.25. The molecule has 0 amide bonds. The number of methoxy groups -OCH3 is 1. The molecule has 0 radical (unpaired) electrons. The van der Waals surface area contributed by atoms with Crippen molar-refractivity contribution in [2.45, 2.75) is 0 Å². The summed E-state index contributed by atoms with van der Waals surface area (Å²) in [7, 11) is 3.26. The smallest absolute Gasteiger partial charge is 0.339 e. The lowest BCUT2D eigenvalue weighted by atomic mass is 10.1. The Labute approximate surface area is 100 Å². The van der Waals surface area contributed by atoms with Crippen molar-refractivity contribution in [2.75, 3.05) is 25.6 Å². The van der Waals surface area contributed by atoms with Gasteiger partial charge in [-0.1, -0.05) is 29.8 Å². The van der Waals surface area contributed by atoms with E-state index in [-0.39, 0.29) is 5.97 Å². The van der Waals surface area contributed by atoms with E-state index in [0.717, 1.165) is 5.69 Å². The molecule has 4 heteroatoms. The second-order valence-electron chi connectivity index (χ2n) is 3.25. The third-order valence-corrected chi connectivity index (χ3v) is 2.37. The average Bonchev–Trinajstić information content (AvgIpc) is 2.35. The van der Waals surface area contributed by atoms with Gasteiger partial charge in [-0.3, -0.25) is 0 Å². The third kappa shape index (κ3) is 3.00. The second kappa shape index (κ2) is 6.18. The summed E-state index contributed by atoms with van der Waals surface area (Å²) in [6.07, 6.45) is 1.80. The summed E-state index contributed by atoms with van der Waals surface area (Å²) in [5.74, 6) is -0.336. The van der Waals surface area contributed by atoms with Crippen LogP contribution in [0.5, 0.6) is 0 Å². The molecule has 0 saturated heterocycles. The predicted octanol–water partition coefficient (Wildman–Crippen LogP) is 2.66. The van der Waals surface area contributed by atoms with Crippen molar-refractivity contribution in [3.05, 3.63) is 41.4 Å². The van der Waals surface area contributed by atoms with E-state index < -0.39 is 0 Å². The molecule has 0 aliphatic heterocycles. The van der Waals surface area contributed by atoms with Crippen LogP contribution in [0.25, 0.3) is 0 Å². The molecule has 86 valence electrons. The fourth-order valence-corrected chi connectivity index (χ4v) is 1.47. The maximum Gasteiger partial charge on any atom is 0.339 e. The molecule has 0 spiro atoms. The Balaban J connectivity index is 2.98. The lowest BCUT2D eigenvalue weighted by Gasteiger charge is -2.19. The Morgan fingerprint density at radius 1 is 1.50 bits per heavy atom. The van der Waals surface area contributed by atoms with Crippen molar-refractivity contribution in [2.24, 2.45) is 0 Å². The van der Waals surface area contributed by atoms with Crippen LogP contribution in [0.4, 0.5) is 5.69 Å². The van der Waals surface area contributed by atoms with Gasteiger partial charge in [0.1, 0.15) is 0 Å². The lowest BCUT2D eigenvalue weighted by Crippen LogP contribution is -2.20. The summed E-state index contributed by atoms with van der Waals surface area (Å²) >= 11 is 5.46. The highest BCUT2D eigenvalue weighted by Crippen LogP contribution is 2.19. The number of esters is 1. The molecule has 16 heavy (non-hydrogen) atoms. The van der Waals surface area contributed by atoms with Gasteiger partial charge < -0.3 is 9.64 Å². The molecule has 1 aromatic rings. The third-order valence-electron chi connectivity index (χ3n) is 2.19. The zero-order valence-corrected chi connectivity index (χ0v) is 10.1. The van der Waals surface area contributed by atoms with E-state index in [1.807, 2.05) is 24.1 Å². The zero-order chi connectivity index (χ0) is 12.0. The van der Waals surface area contributed by atoms with Gasteiger partial charge in [-0.2, -0.15) is 0 Å². The number of ether oxygens (including phenoxy) is 1. The molecule has 0 saturated carbocycles. The molecule has 0 aromatic heterocycles. The molecular weight excluding hydrogens is 226 g/mol. The number of carbonyl (C=O) groups is 1. The van der Waals surface area contributed by atoms with Crippen LogP contribution in [0.3, 0.4) is 0 Å². The molecule has 0 aliphatic rings. The number of hydrogen-bond acceptors (Lipinski definition) is 3. The molecule has 3 nitrogen and oxygen atoms in total. The van der Waals surface area contributed by atoms with Gasteiger partial charge >= 0.3 is 5.97 Å². The Kier molecular flexibility index (Phi) is 4.86. The molecule has 0 bridgehead atoms. The van der Waals surface area contributed by atoms with E-state index in [0.29, 0.717) is 12.1 Å². The topological polar surface area (TPSA) is 29.5 Å². The molecule has 0 atom stereocenters. The number of nitrogens with zero attached hydrogens (tertiary/aromatic N) is 1. The summed E-state index contributed by atoms with van der Waals surface area (Å²) in [6.45, 7) is 0.636. The first kappa shape index (κ1) is 12.6. The number of halogens is 1. The van der Waals surface area contributed by atoms with E-state index in [4.69, 9.17) is 16.3 Å². The monoisotopic (exact) mass is 239 g/mol. The summed E-state index contributed by atoms with van der Waals surface area (Å²) in [4.78, 5) is 13.4. The fraction of sp³-hybridized carbons (Fsp3) is 0.250. The first-order valence-electron chi connectivity index (χ1n) is 4.84. The maximum absolute atomic E-state index is 11.5. The van der Waals surface area contributed by atoms with Crippen LogP contribution in [-0.2, 0) is 4.74 Å². The van der Waals surface area contributed by atoms with Gasteiger partial charge in [0.25, 0.3) is 0 Å². The van der Waals surface area contributed by atoms with Gasteiger partial charge in [-0.25, -0.2) is 4.79 Å². The van der Waals surface area contributed by atoms with Gasteiger partial charge in [0.2, 0.25) is 0 Å². The number of hydrogen-bond donors (Lipinski definition) is 0. The first-order valence-corrected chi connectivity index (χ1v) is 5.28. The Morgan fingerprint density at radius 3 is 2.81 bits per heavy atom. The average molecular weight is 240 g/mol. The first-order chi connectivity index (χ1) is 7.70. The number of carbonyl (C=O) groups excluding carboxylic acids is 1. The molecule has 0 N–H and O–H groups in total. The van der Waals surface area contributed by atoms with Gasteiger partial charge in [0.15, 0.2) is 0 Å². The van der Waals surface area contributed by atoms with Gasteiger partial charge in [-0.15, -0.1) is 0 Å². The van der Waals surface area contributed by atoms with Crippen molar-refractivity contribution in [1.82, 2.24) is 0 Å². The Hall–Kier alpha value is -1.48. The zero-order valence-electron chi connectivity index (χ0n) is 9.31. The fourth-order valence-electron chi connectivity index (χ4n) is 1.39. The SMILES string of the molecule is COC(=O)c1ccccc1N(C)CC=CCl. The van der Waals surface area contributed by atoms with Crippen molar-refractivity contribution in [3.8, 4) is 0 Å². The van der Waals surface area contributed by atoms with Gasteiger partial charge in [-0.05, 0) is 12.1 Å². The lowest BCUT2D eigenvalue weighted by molar-refractivity contribution is 0.0601. The van der Waals surface area contributed by atoms with Crippen LogP contribution in [0.1, 0.15) is 10.4 Å². The van der Waals surface area contributed by atoms with Crippen LogP contribution in [0.15, 0.2) is 35.9 Å². The normalized spacial score (nSPS) is 10.4. The standard InChI is InChI=1S/C12H14ClNO2/c1-14(9-5-8-13)11-7-4-3-6-10(11)12(15)16-2/h3-8H,9H2,1-2H3. The molecule has 1 rings (SSSR count). The maximum atomic E-state index is 11.5. The van der Waals surface area contributed by atoms with Crippen molar-refractivity contribution >= 4 is 23.3 Å². The van der Waals surface area contributed by atoms with Crippen molar-refractivity contribution < 1.29 is 9.53 Å². The van der Waals surface area contributed by atoms with Crippen molar-refractivity contribution in [3.63, 3.8) is 0 Å². The number of likely N-dealkylation sites (N-methyl/N-ethyl adjacent to an activating group) is 1. The summed E-state index contributed by atoms with van der Waals surface area (Å²) in [5, 5.41) is 0. The Bertz CT molecular complexity index is 390. The minimum absolute atomic E-state index is 0.336. The molecule has 0 fully saturated rings.